The Morgan fingerprint density at radius 2 is 1.52 bits per heavy atom. The molecule has 0 heterocycles. The number of ketones is 1. The summed E-state index contributed by atoms with van der Waals surface area (Å²) in [5.74, 6) is -2.74. The molecule has 2 N–H and O–H groups in total. The van der Waals surface area contributed by atoms with Gasteiger partial charge in [0.15, 0.2) is 5.78 Å². The summed E-state index contributed by atoms with van der Waals surface area (Å²) in [5, 5.41) is 0. The second kappa shape index (κ2) is 10.3. The van der Waals surface area contributed by atoms with Crippen molar-refractivity contribution in [3.63, 3.8) is 0 Å². The van der Waals surface area contributed by atoms with Gasteiger partial charge in [-0.05, 0) is 32.2 Å². The van der Waals surface area contributed by atoms with Gasteiger partial charge in [0.2, 0.25) is 0 Å². The van der Waals surface area contributed by atoms with Gasteiger partial charge in [-0.25, -0.2) is 4.79 Å². The smallest absolute Gasteiger partial charge is 0.341 e. The maximum absolute atomic E-state index is 11.6. The van der Waals surface area contributed by atoms with E-state index >= 15 is 0 Å². The molecule has 0 bridgehead atoms. The Kier molecular flexibility index (Phi) is 9.56. The van der Waals surface area contributed by atoms with Crippen LogP contribution in [0, 0.1) is 0 Å². The summed E-state index contributed by atoms with van der Waals surface area (Å²) in [6.07, 6.45) is 3.58. The maximum atomic E-state index is 11.6. The van der Waals surface area contributed by atoms with Gasteiger partial charge < -0.3 is 9.64 Å². The lowest BCUT2D eigenvalue weighted by atomic mass is 10.2. The molecular weight excluding hydrogens is 378 g/mol. The Balaban J connectivity index is 5.22. The van der Waals surface area contributed by atoms with E-state index in [1.54, 1.807) is 6.92 Å². The number of carbonyl (C=O) groups is 2. The molecule has 0 aliphatic carbocycles. The average molecular weight is 399 g/mol. The molecule has 25 heavy (non-hydrogen) atoms. The molecule has 0 saturated carbocycles. The van der Waals surface area contributed by atoms with E-state index in [2.05, 4.69) is 0 Å². The Labute approximate surface area is 146 Å². The highest BCUT2D eigenvalue weighted by Crippen LogP contribution is 2.02. The van der Waals surface area contributed by atoms with Crippen LogP contribution in [0.25, 0.3) is 0 Å². The molecule has 144 valence electrons. The molecule has 0 aliphatic rings. The van der Waals surface area contributed by atoms with Crippen LogP contribution in [0.1, 0.15) is 13.8 Å². The topological polar surface area (TPSA) is 155 Å². The Hall–Kier alpha value is -1.76. The van der Waals surface area contributed by atoms with E-state index in [0.717, 1.165) is 13.0 Å². The summed E-state index contributed by atoms with van der Waals surface area (Å²) in [4.78, 5) is 24.2. The van der Waals surface area contributed by atoms with Gasteiger partial charge in [-0.3, -0.25) is 13.9 Å². The highest BCUT2D eigenvalue weighted by atomic mass is 32.2. The molecular formula is C13H21NO9S2. The third kappa shape index (κ3) is 12.3. The number of hydrogen-bond donors (Lipinski definition) is 2. The number of allylic oxidation sites excluding steroid dienone is 2. The number of rotatable bonds is 11. The molecule has 0 radical (unpaired) electrons. The number of nitrogens with zero attached hydrogens (tertiary/aromatic N) is 1. The zero-order valence-electron chi connectivity index (χ0n) is 13.8. The first-order chi connectivity index (χ1) is 11.4. The van der Waals surface area contributed by atoms with Crippen LogP contribution in [-0.4, -0.2) is 73.8 Å². The van der Waals surface area contributed by atoms with Crippen LogP contribution < -0.4 is 0 Å². The van der Waals surface area contributed by atoms with Crippen molar-refractivity contribution in [3.8, 4) is 0 Å². The molecule has 0 fully saturated rings. The molecule has 0 aliphatic heterocycles. The average Bonchev–Trinajstić information content (AvgIpc) is 2.43. The maximum Gasteiger partial charge on any atom is 0.341 e. The van der Waals surface area contributed by atoms with Gasteiger partial charge in [-0.1, -0.05) is 0 Å². The van der Waals surface area contributed by atoms with Crippen LogP contribution in [0.15, 0.2) is 23.9 Å². The van der Waals surface area contributed by atoms with Crippen molar-refractivity contribution >= 4 is 32.0 Å². The summed E-state index contributed by atoms with van der Waals surface area (Å²) in [6, 6.07) is 0. The first-order valence-corrected chi connectivity index (χ1v) is 10.3. The zero-order valence-corrected chi connectivity index (χ0v) is 15.4. The van der Waals surface area contributed by atoms with Crippen LogP contribution >= 0.6 is 0 Å². The molecule has 0 atom stereocenters. The lowest BCUT2D eigenvalue weighted by molar-refractivity contribution is -0.139. The highest BCUT2D eigenvalue weighted by molar-refractivity contribution is 7.86. The van der Waals surface area contributed by atoms with Crippen molar-refractivity contribution in [2.45, 2.75) is 13.8 Å². The number of esters is 1. The largest absolute Gasteiger partial charge is 0.462 e. The van der Waals surface area contributed by atoms with Gasteiger partial charge in [-0.2, -0.15) is 16.8 Å². The third-order valence-corrected chi connectivity index (χ3v) is 4.10. The van der Waals surface area contributed by atoms with Gasteiger partial charge in [0, 0.05) is 13.1 Å². The van der Waals surface area contributed by atoms with Crippen molar-refractivity contribution in [2.75, 3.05) is 31.2 Å². The van der Waals surface area contributed by atoms with Crippen LogP contribution in [-0.2, 0) is 34.6 Å². The van der Waals surface area contributed by atoms with Gasteiger partial charge in [0.25, 0.3) is 20.2 Å². The number of Topliss-reactive ketones (excluding diaryl/α,β-unsaturated/α-hetero) is 1. The molecule has 0 aromatic carbocycles. The highest BCUT2D eigenvalue weighted by Gasteiger charge is 2.15. The quantitative estimate of drug-likeness (QED) is 0.118. The summed E-state index contributed by atoms with van der Waals surface area (Å²) in [7, 11) is -8.56. The van der Waals surface area contributed by atoms with Crippen LogP contribution in [0.5, 0.6) is 0 Å². The molecule has 0 unspecified atom stereocenters. The van der Waals surface area contributed by atoms with E-state index in [9.17, 15) is 26.4 Å². The fraction of sp³-hybridized carbons (Fsp3) is 0.538. The summed E-state index contributed by atoms with van der Waals surface area (Å²) < 4.78 is 65.4. The molecule has 0 rings (SSSR count). The van der Waals surface area contributed by atoms with Crippen molar-refractivity contribution in [2.24, 2.45) is 0 Å². The molecule has 0 spiro atoms. The Bertz CT molecular complexity index is 699. The first-order valence-electron chi connectivity index (χ1n) is 7.06. The van der Waals surface area contributed by atoms with Crippen molar-refractivity contribution in [1.29, 1.82) is 0 Å². The Morgan fingerprint density at radius 3 is 1.88 bits per heavy atom. The van der Waals surface area contributed by atoms with E-state index in [-0.39, 0.29) is 25.3 Å². The second-order valence-corrected chi connectivity index (χ2v) is 7.95. The fourth-order valence-corrected chi connectivity index (χ4v) is 2.46. The van der Waals surface area contributed by atoms with E-state index in [4.69, 9.17) is 13.8 Å². The van der Waals surface area contributed by atoms with Crippen molar-refractivity contribution < 1.29 is 40.3 Å². The minimum Gasteiger partial charge on any atom is -0.462 e. The van der Waals surface area contributed by atoms with Crippen LogP contribution in [0.3, 0.4) is 0 Å². The third-order valence-electron chi connectivity index (χ3n) is 2.71. The van der Waals surface area contributed by atoms with Gasteiger partial charge >= 0.3 is 5.97 Å². The minimum absolute atomic E-state index is 0.0714. The SMILES string of the molecule is CCOC(=O)/C(=C/C=C/N(CCS(=O)(=O)O)CCS(=O)(=O)O)C(C)=O. The van der Waals surface area contributed by atoms with E-state index in [1.165, 1.54) is 17.2 Å². The van der Waals surface area contributed by atoms with Crippen LogP contribution in [0.4, 0.5) is 0 Å². The van der Waals surface area contributed by atoms with Crippen molar-refractivity contribution in [1.82, 2.24) is 4.90 Å². The lowest BCUT2D eigenvalue weighted by Crippen LogP contribution is -2.29. The summed E-state index contributed by atoms with van der Waals surface area (Å²) in [5.41, 5.74) is -0.248. The predicted octanol–water partition coefficient (Wildman–Crippen LogP) is -0.344. The molecule has 0 aromatic rings. The second-order valence-electron chi connectivity index (χ2n) is 4.81. The number of ether oxygens (including phenoxy) is 1. The Morgan fingerprint density at radius 1 is 1.04 bits per heavy atom. The molecule has 0 amide bonds. The normalized spacial score (nSPS) is 13.0. The van der Waals surface area contributed by atoms with Gasteiger partial charge in [0.1, 0.15) is 5.57 Å². The lowest BCUT2D eigenvalue weighted by Gasteiger charge is -2.18. The molecule has 10 nitrogen and oxygen atoms in total. The van der Waals surface area contributed by atoms with Crippen LogP contribution in [0.2, 0.25) is 0 Å². The number of carbonyl (C=O) groups excluding carboxylic acids is 2. The number of hydrogen-bond acceptors (Lipinski definition) is 8. The summed E-state index contributed by atoms with van der Waals surface area (Å²) in [6.45, 7) is 2.26. The fourth-order valence-electron chi connectivity index (χ4n) is 1.53. The van der Waals surface area contributed by atoms with Gasteiger partial charge in [0.05, 0.1) is 18.1 Å². The minimum atomic E-state index is -4.28. The van der Waals surface area contributed by atoms with E-state index in [0.29, 0.717) is 0 Å². The molecule has 12 heteroatoms. The molecule has 0 aromatic heterocycles. The standard InChI is InChI=1S/C13H21NO9S2/c1-3-23-13(16)12(11(2)15)5-4-6-14(7-9-24(17,18)19)8-10-25(20,21)22/h4-6H,3,7-10H2,1-2H3,(H,17,18,19)(H,20,21,22)/b6-4+,12-5+. The van der Waals surface area contributed by atoms with Crippen molar-refractivity contribution in [3.05, 3.63) is 23.9 Å². The first kappa shape index (κ1) is 23.2. The zero-order chi connectivity index (χ0) is 19.7. The molecule has 0 saturated heterocycles. The van der Waals surface area contributed by atoms with E-state index in [1.807, 2.05) is 0 Å². The summed E-state index contributed by atoms with van der Waals surface area (Å²) >= 11 is 0. The monoisotopic (exact) mass is 399 g/mol. The predicted molar refractivity (Wildman–Crippen MR) is 88.9 cm³/mol. The van der Waals surface area contributed by atoms with Gasteiger partial charge in [-0.15, -0.1) is 0 Å². The van der Waals surface area contributed by atoms with E-state index < -0.39 is 43.5 Å².